The van der Waals surface area contributed by atoms with Crippen molar-refractivity contribution in [1.29, 1.82) is 0 Å². The molecule has 1 heterocycles. The number of sulfone groups is 1. The maximum Gasteiger partial charge on any atom is 0.228 e. The third-order valence-corrected chi connectivity index (χ3v) is 7.19. The van der Waals surface area contributed by atoms with Crippen LogP contribution in [0.1, 0.15) is 44.2 Å². The summed E-state index contributed by atoms with van der Waals surface area (Å²) in [6.45, 7) is 6.25. The van der Waals surface area contributed by atoms with Crippen LogP contribution < -0.4 is 0 Å². The highest BCUT2D eigenvalue weighted by Gasteiger charge is 2.32. The van der Waals surface area contributed by atoms with Crippen LogP contribution in [0.2, 0.25) is 0 Å². The van der Waals surface area contributed by atoms with Crippen molar-refractivity contribution in [3.8, 4) is 12.3 Å². The Balaban J connectivity index is 2.33. The molecule has 0 unspecified atom stereocenters. The molecule has 0 amide bonds. The molecule has 7 heteroatoms. The Labute approximate surface area is 163 Å². The van der Waals surface area contributed by atoms with Crippen molar-refractivity contribution in [2.45, 2.75) is 62.0 Å². The van der Waals surface area contributed by atoms with Crippen molar-refractivity contribution in [3.05, 3.63) is 24.5 Å². The fourth-order valence-electron chi connectivity index (χ4n) is 3.59. The summed E-state index contributed by atoms with van der Waals surface area (Å²) in [7, 11) is -1.86. The molecule has 1 aliphatic rings. The van der Waals surface area contributed by atoms with E-state index in [0.717, 1.165) is 31.4 Å². The second kappa shape index (κ2) is 10.6. The monoisotopic (exact) mass is 393 g/mol. The van der Waals surface area contributed by atoms with E-state index in [0.29, 0.717) is 45.6 Å². The van der Waals surface area contributed by atoms with E-state index in [1.54, 1.807) is 23.9 Å². The number of hydrogen-bond donors (Lipinski definition) is 0. The summed E-state index contributed by atoms with van der Waals surface area (Å²) < 4.78 is 33.6. The molecule has 0 atom stereocenters. The van der Waals surface area contributed by atoms with Gasteiger partial charge in [0.1, 0.15) is 0 Å². The number of nitrogens with zero attached hydrogens (tertiary/aromatic N) is 3. The predicted octanol–water partition coefficient (Wildman–Crippen LogP) is 2.65. The van der Waals surface area contributed by atoms with Gasteiger partial charge in [0.05, 0.1) is 30.3 Å². The van der Waals surface area contributed by atoms with Gasteiger partial charge in [0, 0.05) is 26.7 Å². The Bertz CT molecular complexity index is 741. The summed E-state index contributed by atoms with van der Waals surface area (Å²) >= 11 is 0. The summed E-state index contributed by atoms with van der Waals surface area (Å²) in [5, 5.41) is -0.174. The van der Waals surface area contributed by atoms with Gasteiger partial charge in [-0.1, -0.05) is 37.7 Å². The zero-order valence-electron chi connectivity index (χ0n) is 16.3. The van der Waals surface area contributed by atoms with E-state index in [1.807, 2.05) is 4.90 Å². The second-order valence-corrected chi connectivity index (χ2v) is 9.12. The highest BCUT2D eigenvalue weighted by Crippen LogP contribution is 2.28. The van der Waals surface area contributed by atoms with Crippen LogP contribution >= 0.6 is 0 Å². The molecule has 0 saturated heterocycles. The summed E-state index contributed by atoms with van der Waals surface area (Å²) in [6.07, 6.45) is 14.5. The molecular formula is C20H31N3O3S. The van der Waals surface area contributed by atoms with E-state index < -0.39 is 9.84 Å². The molecule has 1 saturated carbocycles. The normalized spacial score (nSPS) is 16.2. The Hall–Kier alpha value is -1.62. The Kier molecular flexibility index (Phi) is 8.55. The molecular weight excluding hydrogens is 362 g/mol. The lowest BCUT2D eigenvalue weighted by Crippen LogP contribution is -2.28. The highest BCUT2D eigenvalue weighted by molar-refractivity contribution is 7.91. The Morgan fingerprint density at radius 3 is 2.70 bits per heavy atom. The van der Waals surface area contributed by atoms with Crippen LogP contribution in [0.4, 0.5) is 0 Å². The fourth-order valence-corrected chi connectivity index (χ4v) is 5.56. The zero-order valence-corrected chi connectivity index (χ0v) is 17.1. The van der Waals surface area contributed by atoms with Gasteiger partial charge in [-0.2, -0.15) is 0 Å². The molecule has 150 valence electrons. The number of hydrogen-bond acceptors (Lipinski definition) is 5. The number of rotatable bonds is 10. The molecule has 0 radical (unpaired) electrons. The minimum atomic E-state index is -3.47. The average molecular weight is 394 g/mol. The number of terminal acetylenes is 1. The first-order valence-electron chi connectivity index (χ1n) is 9.58. The molecule has 0 spiro atoms. The van der Waals surface area contributed by atoms with E-state index in [2.05, 4.69) is 17.5 Å². The topological polar surface area (TPSA) is 64.4 Å². The van der Waals surface area contributed by atoms with E-state index in [-0.39, 0.29) is 10.4 Å². The van der Waals surface area contributed by atoms with Gasteiger partial charge in [0.2, 0.25) is 15.0 Å². The molecule has 2 rings (SSSR count). The SMILES string of the molecule is C#CCN(CC=C)Cc1cnc(S(=O)(=O)C2CCCCCC2)n1CCOC. The third kappa shape index (κ3) is 5.68. The fraction of sp³-hybridized carbons (Fsp3) is 0.650. The highest BCUT2D eigenvalue weighted by atomic mass is 32.2. The Morgan fingerprint density at radius 2 is 2.11 bits per heavy atom. The van der Waals surface area contributed by atoms with Crippen molar-refractivity contribution in [2.75, 3.05) is 26.8 Å². The average Bonchev–Trinajstić information content (AvgIpc) is 2.85. The molecule has 1 aromatic rings. The van der Waals surface area contributed by atoms with Gasteiger partial charge in [-0.25, -0.2) is 13.4 Å². The number of aromatic nitrogens is 2. The van der Waals surface area contributed by atoms with Crippen molar-refractivity contribution in [1.82, 2.24) is 14.5 Å². The van der Waals surface area contributed by atoms with Crippen LogP contribution in [0.15, 0.2) is 24.0 Å². The molecule has 6 nitrogen and oxygen atoms in total. The lowest BCUT2D eigenvalue weighted by Gasteiger charge is -2.20. The van der Waals surface area contributed by atoms with Gasteiger partial charge >= 0.3 is 0 Å². The van der Waals surface area contributed by atoms with Gasteiger partial charge in [-0.3, -0.25) is 4.90 Å². The van der Waals surface area contributed by atoms with Crippen LogP contribution in [0.25, 0.3) is 0 Å². The maximum atomic E-state index is 13.3. The molecule has 0 bridgehead atoms. The van der Waals surface area contributed by atoms with Gasteiger partial charge in [-0.15, -0.1) is 13.0 Å². The van der Waals surface area contributed by atoms with E-state index in [4.69, 9.17) is 11.2 Å². The molecule has 1 aromatic heterocycles. The minimum Gasteiger partial charge on any atom is -0.383 e. The molecule has 27 heavy (non-hydrogen) atoms. The van der Waals surface area contributed by atoms with Crippen molar-refractivity contribution in [3.63, 3.8) is 0 Å². The largest absolute Gasteiger partial charge is 0.383 e. The smallest absolute Gasteiger partial charge is 0.228 e. The van der Waals surface area contributed by atoms with Crippen molar-refractivity contribution < 1.29 is 13.2 Å². The number of methoxy groups -OCH3 is 1. The second-order valence-electron chi connectivity index (χ2n) is 7.00. The first-order valence-corrected chi connectivity index (χ1v) is 11.1. The first kappa shape index (κ1) is 21.7. The molecule has 1 fully saturated rings. The molecule has 0 N–H and O–H groups in total. The van der Waals surface area contributed by atoms with Gasteiger partial charge in [0.15, 0.2) is 0 Å². The van der Waals surface area contributed by atoms with E-state index in [1.165, 1.54) is 0 Å². The van der Waals surface area contributed by atoms with Crippen molar-refractivity contribution >= 4 is 9.84 Å². The first-order chi connectivity index (χ1) is 13.0. The molecule has 0 aliphatic heterocycles. The van der Waals surface area contributed by atoms with Gasteiger partial charge in [0.25, 0.3) is 0 Å². The standard InChI is InChI=1S/C20H31N3O3S/c1-4-12-22(13-5-2)17-18-16-21-20(23(18)14-15-26-3)27(24,25)19-10-8-6-7-9-11-19/h1,5,16,19H,2,6-15,17H2,3H3. The van der Waals surface area contributed by atoms with Crippen LogP contribution in [0.5, 0.6) is 0 Å². The minimum absolute atomic E-state index is 0.167. The summed E-state index contributed by atoms with van der Waals surface area (Å²) in [5.74, 6) is 2.64. The Morgan fingerprint density at radius 1 is 1.41 bits per heavy atom. The van der Waals surface area contributed by atoms with Gasteiger partial charge in [-0.05, 0) is 12.8 Å². The van der Waals surface area contributed by atoms with Gasteiger partial charge < -0.3 is 9.30 Å². The summed E-state index contributed by atoms with van der Waals surface area (Å²) in [6, 6.07) is 0. The number of ether oxygens (including phenoxy) is 1. The predicted molar refractivity (Wildman–Crippen MR) is 107 cm³/mol. The van der Waals surface area contributed by atoms with Crippen LogP contribution in [0.3, 0.4) is 0 Å². The van der Waals surface area contributed by atoms with Crippen LogP contribution in [-0.4, -0.2) is 54.9 Å². The van der Waals surface area contributed by atoms with E-state index in [9.17, 15) is 8.42 Å². The molecule has 0 aromatic carbocycles. The molecule has 1 aliphatic carbocycles. The van der Waals surface area contributed by atoms with E-state index >= 15 is 0 Å². The summed E-state index contributed by atoms with van der Waals surface area (Å²) in [5.41, 5.74) is 0.830. The zero-order chi connectivity index (χ0) is 19.7. The number of imidazole rings is 1. The summed E-state index contributed by atoms with van der Waals surface area (Å²) in [4.78, 5) is 6.36. The lowest BCUT2D eigenvalue weighted by molar-refractivity contribution is 0.182. The quantitative estimate of drug-likeness (QED) is 0.347. The maximum absolute atomic E-state index is 13.3. The third-order valence-electron chi connectivity index (χ3n) is 5.00. The van der Waals surface area contributed by atoms with Crippen LogP contribution in [0, 0.1) is 12.3 Å². The van der Waals surface area contributed by atoms with Crippen LogP contribution in [-0.2, 0) is 27.7 Å². The lowest BCUT2D eigenvalue weighted by atomic mass is 10.2. The van der Waals surface area contributed by atoms with Crippen molar-refractivity contribution in [2.24, 2.45) is 0 Å².